The molecule has 1 nitrogen and oxygen atoms in total. The molecule has 2 aliphatic rings. The van der Waals surface area contributed by atoms with Crippen molar-refractivity contribution >= 4 is 0 Å². The lowest BCUT2D eigenvalue weighted by Crippen LogP contribution is -2.35. The van der Waals surface area contributed by atoms with E-state index in [-0.39, 0.29) is 0 Å². The Morgan fingerprint density at radius 3 is 3.00 bits per heavy atom. The van der Waals surface area contributed by atoms with E-state index in [2.05, 4.69) is 43.4 Å². The van der Waals surface area contributed by atoms with Gasteiger partial charge >= 0.3 is 0 Å². The molecule has 1 aromatic rings. The largest absolute Gasteiger partial charge is 0.307 e. The van der Waals surface area contributed by atoms with Gasteiger partial charge in [-0.3, -0.25) is 0 Å². The molecule has 2 saturated carbocycles. The van der Waals surface area contributed by atoms with E-state index in [1.807, 2.05) is 0 Å². The lowest BCUT2D eigenvalue weighted by molar-refractivity contribution is 0.329. The van der Waals surface area contributed by atoms with Crippen molar-refractivity contribution in [2.45, 2.75) is 51.6 Å². The van der Waals surface area contributed by atoms with E-state index >= 15 is 0 Å². The fourth-order valence-corrected chi connectivity index (χ4v) is 3.47. The summed E-state index contributed by atoms with van der Waals surface area (Å²) >= 11 is 0. The zero-order chi connectivity index (χ0) is 11.8. The SMILES string of the molecule is Cc1cccc([C@@H](C)NC2CCCC3CC32)c1. The summed E-state index contributed by atoms with van der Waals surface area (Å²) in [7, 11) is 0. The Morgan fingerprint density at radius 1 is 1.29 bits per heavy atom. The molecule has 0 aliphatic heterocycles. The smallest absolute Gasteiger partial charge is 0.0294 e. The molecule has 92 valence electrons. The van der Waals surface area contributed by atoms with Crippen LogP contribution in [-0.2, 0) is 0 Å². The lowest BCUT2D eigenvalue weighted by Gasteiger charge is -2.27. The molecule has 0 saturated heterocycles. The maximum Gasteiger partial charge on any atom is 0.0294 e. The van der Waals surface area contributed by atoms with Gasteiger partial charge in [0.05, 0.1) is 0 Å². The lowest BCUT2D eigenvalue weighted by atomic mass is 9.94. The van der Waals surface area contributed by atoms with E-state index in [4.69, 9.17) is 0 Å². The Balaban J connectivity index is 1.64. The van der Waals surface area contributed by atoms with E-state index < -0.39 is 0 Å². The van der Waals surface area contributed by atoms with Gasteiger partial charge in [-0.25, -0.2) is 0 Å². The Labute approximate surface area is 105 Å². The molecule has 4 atom stereocenters. The molecule has 0 heterocycles. The van der Waals surface area contributed by atoms with Gasteiger partial charge in [0.15, 0.2) is 0 Å². The molecule has 2 aliphatic carbocycles. The number of rotatable bonds is 3. The van der Waals surface area contributed by atoms with Crippen LogP contribution in [0.25, 0.3) is 0 Å². The van der Waals surface area contributed by atoms with Crippen molar-refractivity contribution in [3.8, 4) is 0 Å². The Hall–Kier alpha value is -0.820. The zero-order valence-corrected chi connectivity index (χ0v) is 10.9. The first kappa shape index (κ1) is 11.3. The first-order valence-corrected chi connectivity index (χ1v) is 7.06. The second-order valence-corrected chi connectivity index (χ2v) is 6.00. The fourth-order valence-electron chi connectivity index (χ4n) is 3.47. The van der Waals surface area contributed by atoms with Crippen LogP contribution in [0.1, 0.15) is 49.8 Å². The van der Waals surface area contributed by atoms with Crippen molar-refractivity contribution < 1.29 is 0 Å². The number of hydrogen-bond donors (Lipinski definition) is 1. The highest BCUT2D eigenvalue weighted by Gasteiger charge is 2.45. The summed E-state index contributed by atoms with van der Waals surface area (Å²) in [5.74, 6) is 2.06. The first-order chi connectivity index (χ1) is 8.24. The second kappa shape index (κ2) is 4.45. The van der Waals surface area contributed by atoms with Crippen molar-refractivity contribution in [3.05, 3.63) is 35.4 Å². The van der Waals surface area contributed by atoms with Crippen LogP contribution < -0.4 is 5.32 Å². The van der Waals surface area contributed by atoms with Gasteiger partial charge in [-0.15, -0.1) is 0 Å². The van der Waals surface area contributed by atoms with Gasteiger partial charge in [0, 0.05) is 12.1 Å². The van der Waals surface area contributed by atoms with E-state index in [9.17, 15) is 0 Å². The second-order valence-electron chi connectivity index (χ2n) is 6.00. The minimum absolute atomic E-state index is 0.499. The van der Waals surface area contributed by atoms with Crippen molar-refractivity contribution in [3.63, 3.8) is 0 Å². The normalized spacial score (nSPS) is 32.9. The summed E-state index contributed by atoms with van der Waals surface area (Å²) in [6.45, 7) is 4.48. The quantitative estimate of drug-likeness (QED) is 0.830. The molecule has 3 unspecified atom stereocenters. The molecule has 1 N–H and O–H groups in total. The first-order valence-electron chi connectivity index (χ1n) is 7.06. The molecule has 0 bridgehead atoms. The predicted molar refractivity (Wildman–Crippen MR) is 72.0 cm³/mol. The van der Waals surface area contributed by atoms with Crippen LogP contribution in [0.15, 0.2) is 24.3 Å². The molecule has 0 spiro atoms. The fraction of sp³-hybridized carbons (Fsp3) is 0.625. The number of nitrogens with one attached hydrogen (secondary N) is 1. The maximum atomic E-state index is 3.85. The number of hydrogen-bond acceptors (Lipinski definition) is 1. The number of aryl methyl sites for hydroxylation is 1. The van der Waals surface area contributed by atoms with E-state index in [1.165, 1.54) is 36.8 Å². The average Bonchev–Trinajstić information content (AvgIpc) is 3.09. The number of fused-ring (bicyclic) bond motifs is 1. The Kier molecular flexibility index (Phi) is 2.96. The average molecular weight is 229 g/mol. The molecular formula is C16H23N. The minimum Gasteiger partial charge on any atom is -0.307 e. The summed E-state index contributed by atoms with van der Waals surface area (Å²) in [5.41, 5.74) is 2.80. The van der Waals surface area contributed by atoms with Crippen LogP contribution in [0, 0.1) is 18.8 Å². The third kappa shape index (κ3) is 2.40. The summed E-state index contributed by atoms with van der Waals surface area (Å²) in [6.07, 6.45) is 5.79. The van der Waals surface area contributed by atoms with Crippen LogP contribution in [-0.4, -0.2) is 6.04 Å². The predicted octanol–water partition coefficient (Wildman–Crippen LogP) is 3.83. The van der Waals surface area contributed by atoms with Gasteiger partial charge in [-0.05, 0) is 44.1 Å². The van der Waals surface area contributed by atoms with Gasteiger partial charge in [0.25, 0.3) is 0 Å². The molecule has 0 radical (unpaired) electrons. The van der Waals surface area contributed by atoms with Crippen molar-refractivity contribution in [2.75, 3.05) is 0 Å². The molecule has 1 heteroatoms. The van der Waals surface area contributed by atoms with Gasteiger partial charge in [-0.2, -0.15) is 0 Å². The highest BCUT2D eigenvalue weighted by atomic mass is 15.0. The monoisotopic (exact) mass is 229 g/mol. The molecule has 0 amide bonds. The van der Waals surface area contributed by atoms with Crippen LogP contribution in [0.3, 0.4) is 0 Å². The Bertz CT molecular complexity index is 398. The summed E-state index contributed by atoms with van der Waals surface area (Å²) in [6, 6.07) is 10.2. The van der Waals surface area contributed by atoms with E-state index in [1.54, 1.807) is 0 Å². The maximum absolute atomic E-state index is 3.85. The summed E-state index contributed by atoms with van der Waals surface area (Å²) in [4.78, 5) is 0. The minimum atomic E-state index is 0.499. The van der Waals surface area contributed by atoms with Crippen LogP contribution in [0.4, 0.5) is 0 Å². The van der Waals surface area contributed by atoms with Gasteiger partial charge in [0.2, 0.25) is 0 Å². The van der Waals surface area contributed by atoms with Gasteiger partial charge in [0.1, 0.15) is 0 Å². The highest BCUT2D eigenvalue weighted by molar-refractivity contribution is 5.24. The zero-order valence-electron chi connectivity index (χ0n) is 10.9. The molecular weight excluding hydrogens is 206 g/mol. The summed E-state index contributed by atoms with van der Waals surface area (Å²) < 4.78 is 0. The third-order valence-corrected chi connectivity index (χ3v) is 4.59. The highest BCUT2D eigenvalue weighted by Crippen LogP contribution is 2.49. The van der Waals surface area contributed by atoms with Gasteiger partial charge < -0.3 is 5.32 Å². The van der Waals surface area contributed by atoms with Gasteiger partial charge in [-0.1, -0.05) is 42.7 Å². The topological polar surface area (TPSA) is 12.0 Å². The molecule has 3 rings (SSSR count). The van der Waals surface area contributed by atoms with Crippen LogP contribution in [0.2, 0.25) is 0 Å². The Morgan fingerprint density at radius 2 is 2.18 bits per heavy atom. The van der Waals surface area contributed by atoms with Crippen molar-refractivity contribution in [1.82, 2.24) is 5.32 Å². The summed E-state index contributed by atoms with van der Waals surface area (Å²) in [5, 5.41) is 3.85. The standard InChI is InChI=1S/C16H23N/c1-11-5-3-6-13(9-11)12(2)17-16-8-4-7-14-10-15(14)16/h3,5-6,9,12,14-17H,4,7-8,10H2,1-2H3/t12-,14?,15?,16?/m1/s1. The van der Waals surface area contributed by atoms with Crippen LogP contribution >= 0.6 is 0 Å². The molecule has 17 heavy (non-hydrogen) atoms. The van der Waals surface area contributed by atoms with Crippen molar-refractivity contribution in [2.24, 2.45) is 11.8 Å². The molecule has 1 aromatic carbocycles. The van der Waals surface area contributed by atoms with E-state index in [0.717, 1.165) is 17.9 Å². The molecule has 2 fully saturated rings. The van der Waals surface area contributed by atoms with Crippen molar-refractivity contribution in [1.29, 1.82) is 0 Å². The van der Waals surface area contributed by atoms with E-state index in [0.29, 0.717) is 6.04 Å². The third-order valence-electron chi connectivity index (χ3n) is 4.59. The van der Waals surface area contributed by atoms with Crippen LogP contribution in [0.5, 0.6) is 0 Å². The molecule has 0 aromatic heterocycles. The number of benzene rings is 1.